The fourth-order valence-electron chi connectivity index (χ4n) is 6.96. The molecule has 0 atom stereocenters. The van der Waals surface area contributed by atoms with Crippen molar-refractivity contribution in [3.63, 3.8) is 0 Å². The predicted octanol–water partition coefficient (Wildman–Crippen LogP) is 8.34. The number of furan rings is 1. The van der Waals surface area contributed by atoms with E-state index in [1.807, 2.05) is 0 Å². The maximum Gasteiger partial charge on any atom is 0.313 e. The minimum absolute atomic E-state index is 0.110. The summed E-state index contributed by atoms with van der Waals surface area (Å²) in [6, 6.07) is 58.2. The zero-order chi connectivity index (χ0) is 29.0. The van der Waals surface area contributed by atoms with Crippen LogP contribution in [0, 0.1) is 0 Å². The van der Waals surface area contributed by atoms with Crippen LogP contribution in [0.2, 0.25) is 0 Å². The molecule has 0 saturated carbocycles. The molecule has 1 aliphatic rings. The Morgan fingerprint density at radius 2 is 1.05 bits per heavy atom. The van der Waals surface area contributed by atoms with E-state index in [1.54, 1.807) is 0 Å². The fourth-order valence-corrected chi connectivity index (χ4v) is 6.96. The summed E-state index contributed by atoms with van der Waals surface area (Å²) in [4.78, 5) is 2.44. The van der Waals surface area contributed by atoms with Gasteiger partial charge < -0.3 is 13.9 Å². The van der Waals surface area contributed by atoms with Crippen LogP contribution in [0.5, 0.6) is 0 Å². The first-order valence-corrected chi connectivity index (χ1v) is 15.1. The lowest BCUT2D eigenvalue weighted by Gasteiger charge is -2.33. The number of nitrogens with zero attached hydrogens (tertiary/aromatic N) is 2. The van der Waals surface area contributed by atoms with Gasteiger partial charge in [-0.05, 0) is 53.6 Å². The van der Waals surface area contributed by atoms with Crippen LogP contribution in [0.3, 0.4) is 0 Å². The summed E-state index contributed by atoms with van der Waals surface area (Å²) in [5, 5.41) is 2.31. The Morgan fingerprint density at radius 3 is 1.80 bits per heavy atom. The zero-order valence-electron chi connectivity index (χ0n) is 24.0. The molecule has 0 spiro atoms. The first-order valence-electron chi connectivity index (χ1n) is 15.1. The van der Waals surface area contributed by atoms with Crippen molar-refractivity contribution in [2.75, 3.05) is 4.90 Å². The molecule has 206 valence electrons. The molecule has 2 aromatic heterocycles. The highest BCUT2D eigenvalue weighted by Gasteiger charge is 2.44. The number of para-hydroxylation sites is 3. The van der Waals surface area contributed by atoms with Crippen molar-refractivity contribution in [1.29, 1.82) is 0 Å². The van der Waals surface area contributed by atoms with Gasteiger partial charge >= 0.3 is 6.71 Å². The molecule has 0 aliphatic carbocycles. The van der Waals surface area contributed by atoms with Crippen LogP contribution < -0.4 is 21.6 Å². The van der Waals surface area contributed by atoms with Crippen LogP contribution in [0.15, 0.2) is 168 Å². The first-order chi connectivity index (χ1) is 21.9. The third-order valence-electron chi connectivity index (χ3n) is 8.84. The van der Waals surface area contributed by atoms with E-state index in [9.17, 15) is 0 Å². The minimum atomic E-state index is -0.110. The molecular formula is C40H27BN2O. The molecule has 0 bridgehead atoms. The second-order valence-corrected chi connectivity index (χ2v) is 11.3. The standard InChI is InChI=1S/C40H27BN2O/c1-4-14-28(15-5-1)29-24-26-32(27-25-29)43-37-33-20-10-12-22-35(33)42(31-18-8-3-9-19-31)39(37)41(30-16-6-2-7-17-30)40-38(43)34-21-11-13-23-36(34)44-40/h1-27H. The van der Waals surface area contributed by atoms with Crippen LogP contribution in [-0.4, -0.2) is 11.3 Å². The molecule has 4 heteroatoms. The van der Waals surface area contributed by atoms with Gasteiger partial charge in [-0.2, -0.15) is 0 Å². The predicted molar refractivity (Wildman–Crippen MR) is 184 cm³/mol. The van der Waals surface area contributed by atoms with E-state index in [1.165, 1.54) is 38.8 Å². The molecule has 0 unspecified atom stereocenters. The molecule has 3 heterocycles. The largest absolute Gasteiger partial charge is 0.468 e. The van der Waals surface area contributed by atoms with Gasteiger partial charge in [-0.25, -0.2) is 0 Å². The number of aromatic nitrogens is 1. The molecular weight excluding hydrogens is 535 g/mol. The van der Waals surface area contributed by atoms with E-state index in [-0.39, 0.29) is 6.71 Å². The average molecular weight is 562 g/mol. The van der Waals surface area contributed by atoms with Crippen molar-refractivity contribution >= 4 is 62.4 Å². The Bertz CT molecular complexity index is 2270. The van der Waals surface area contributed by atoms with Crippen molar-refractivity contribution in [3.8, 4) is 16.8 Å². The molecule has 0 fully saturated rings. The summed E-state index contributed by atoms with van der Waals surface area (Å²) in [6.45, 7) is -0.110. The third kappa shape index (κ3) is 3.71. The van der Waals surface area contributed by atoms with E-state index >= 15 is 0 Å². The van der Waals surface area contributed by atoms with Crippen LogP contribution in [0.1, 0.15) is 0 Å². The Hall–Kier alpha value is -5.74. The average Bonchev–Trinajstić information content (AvgIpc) is 3.65. The van der Waals surface area contributed by atoms with Gasteiger partial charge in [-0.3, -0.25) is 0 Å². The highest BCUT2D eigenvalue weighted by molar-refractivity contribution is 6.97. The number of anilines is 3. The number of hydrogen-bond acceptors (Lipinski definition) is 2. The Morgan fingerprint density at radius 1 is 0.455 bits per heavy atom. The van der Waals surface area contributed by atoms with Crippen molar-refractivity contribution in [2.45, 2.75) is 0 Å². The van der Waals surface area contributed by atoms with Gasteiger partial charge in [-0.15, -0.1) is 0 Å². The smallest absolute Gasteiger partial charge is 0.313 e. The topological polar surface area (TPSA) is 21.3 Å². The van der Waals surface area contributed by atoms with Crippen molar-refractivity contribution in [1.82, 2.24) is 4.57 Å². The summed E-state index contributed by atoms with van der Waals surface area (Å²) in [7, 11) is 0. The highest BCUT2D eigenvalue weighted by Crippen LogP contribution is 2.45. The van der Waals surface area contributed by atoms with Gasteiger partial charge in [0.2, 0.25) is 0 Å². The van der Waals surface area contributed by atoms with E-state index in [0.29, 0.717) is 0 Å². The lowest BCUT2D eigenvalue weighted by Crippen LogP contribution is -2.58. The molecule has 8 aromatic rings. The number of rotatable bonds is 4. The van der Waals surface area contributed by atoms with E-state index in [0.717, 1.165) is 33.7 Å². The quantitative estimate of drug-likeness (QED) is 0.201. The summed E-state index contributed by atoms with van der Waals surface area (Å²) < 4.78 is 9.33. The molecule has 0 radical (unpaired) electrons. The second kappa shape index (κ2) is 9.93. The molecule has 44 heavy (non-hydrogen) atoms. The van der Waals surface area contributed by atoms with E-state index in [2.05, 4.69) is 173 Å². The van der Waals surface area contributed by atoms with Gasteiger partial charge in [-0.1, -0.05) is 127 Å². The summed E-state index contributed by atoms with van der Waals surface area (Å²) in [5.41, 5.74) is 12.3. The van der Waals surface area contributed by atoms with Crippen LogP contribution >= 0.6 is 0 Å². The van der Waals surface area contributed by atoms with Crippen molar-refractivity contribution < 1.29 is 4.42 Å². The molecule has 0 N–H and O–H groups in total. The normalized spacial score (nSPS) is 12.5. The monoisotopic (exact) mass is 562 g/mol. The Balaban J connectivity index is 1.40. The van der Waals surface area contributed by atoms with Gasteiger partial charge in [0.05, 0.1) is 16.9 Å². The molecule has 0 amide bonds. The summed E-state index contributed by atoms with van der Waals surface area (Å²) in [6.07, 6.45) is 0. The number of fused-ring (bicyclic) bond motifs is 6. The van der Waals surface area contributed by atoms with Crippen LogP contribution in [0.4, 0.5) is 17.1 Å². The van der Waals surface area contributed by atoms with E-state index in [4.69, 9.17) is 4.42 Å². The highest BCUT2D eigenvalue weighted by atomic mass is 16.3. The third-order valence-corrected chi connectivity index (χ3v) is 8.84. The van der Waals surface area contributed by atoms with E-state index < -0.39 is 0 Å². The zero-order valence-corrected chi connectivity index (χ0v) is 24.0. The maximum absolute atomic E-state index is 6.89. The summed E-state index contributed by atoms with van der Waals surface area (Å²) in [5.74, 6) is 0. The summed E-state index contributed by atoms with van der Waals surface area (Å²) >= 11 is 0. The van der Waals surface area contributed by atoms with Crippen LogP contribution in [0.25, 0.3) is 38.7 Å². The van der Waals surface area contributed by atoms with Gasteiger partial charge in [0.15, 0.2) is 0 Å². The number of hydrogen-bond donors (Lipinski definition) is 0. The minimum Gasteiger partial charge on any atom is -0.468 e. The maximum atomic E-state index is 6.89. The van der Waals surface area contributed by atoms with Crippen molar-refractivity contribution in [2.24, 2.45) is 0 Å². The van der Waals surface area contributed by atoms with Crippen LogP contribution in [-0.2, 0) is 0 Å². The van der Waals surface area contributed by atoms with Gasteiger partial charge in [0, 0.05) is 27.7 Å². The molecule has 1 aliphatic heterocycles. The first kappa shape index (κ1) is 24.8. The molecule has 6 aromatic carbocycles. The molecule has 0 saturated heterocycles. The Labute approximate surface area is 256 Å². The number of benzene rings is 6. The molecule has 9 rings (SSSR count). The second-order valence-electron chi connectivity index (χ2n) is 11.3. The van der Waals surface area contributed by atoms with Gasteiger partial charge in [0.1, 0.15) is 11.2 Å². The lowest BCUT2D eigenvalue weighted by atomic mass is 9.39. The fraction of sp³-hybridized carbons (Fsp3) is 0. The Kier molecular flexibility index (Phi) is 5.60. The lowest BCUT2D eigenvalue weighted by molar-refractivity contribution is 0.651. The SMILES string of the molecule is c1ccc(B2c3oc4ccccc4c3N(c3ccc(-c4ccccc4)cc3)c3c2n(-c2ccccc2)c2ccccc32)cc1. The van der Waals surface area contributed by atoms with Crippen molar-refractivity contribution in [3.05, 3.63) is 164 Å². The van der Waals surface area contributed by atoms with Gasteiger partial charge in [0.25, 0.3) is 0 Å². The molecule has 3 nitrogen and oxygen atoms in total.